The van der Waals surface area contributed by atoms with Gasteiger partial charge in [0.1, 0.15) is 0 Å². The van der Waals surface area contributed by atoms with Gasteiger partial charge < -0.3 is 20.9 Å². The summed E-state index contributed by atoms with van der Waals surface area (Å²) in [5.41, 5.74) is 1.14. The summed E-state index contributed by atoms with van der Waals surface area (Å²) in [7, 11) is 0. The lowest BCUT2D eigenvalue weighted by molar-refractivity contribution is -0.130. The fourth-order valence-corrected chi connectivity index (χ4v) is 2.69. The minimum absolute atomic E-state index is 0.0402. The first-order valence-corrected chi connectivity index (χ1v) is 8.75. The van der Waals surface area contributed by atoms with E-state index in [0.717, 1.165) is 44.3 Å². The van der Waals surface area contributed by atoms with Crippen LogP contribution in [0.25, 0.3) is 0 Å². The van der Waals surface area contributed by atoms with Gasteiger partial charge in [-0.25, -0.2) is 4.79 Å². The minimum atomic E-state index is -0.511. The molecule has 7 nitrogen and oxygen atoms in total. The standard InChI is InChI=1S/C18H26N4O3/c23-16(19-10-9-15-7-3-1-4-8-15)13-20-18(25)21-14-17(24)22-11-5-2-6-12-22/h1,3-4,7-8H,2,5-6,9-14H2,(H,19,23)(H2,20,21,25). The van der Waals surface area contributed by atoms with Crippen molar-refractivity contribution in [1.29, 1.82) is 0 Å². The lowest BCUT2D eigenvalue weighted by Crippen LogP contribution is -2.47. The summed E-state index contributed by atoms with van der Waals surface area (Å²) in [6.45, 7) is 1.87. The minimum Gasteiger partial charge on any atom is -0.354 e. The van der Waals surface area contributed by atoms with Crippen molar-refractivity contribution < 1.29 is 14.4 Å². The Morgan fingerprint density at radius 3 is 2.28 bits per heavy atom. The van der Waals surface area contributed by atoms with Crippen molar-refractivity contribution in [2.75, 3.05) is 32.7 Å². The van der Waals surface area contributed by atoms with Crippen molar-refractivity contribution in [2.45, 2.75) is 25.7 Å². The molecule has 1 aliphatic heterocycles. The molecular formula is C18H26N4O3. The lowest BCUT2D eigenvalue weighted by Gasteiger charge is -2.26. The Balaban J connectivity index is 1.54. The molecule has 0 unspecified atom stereocenters. The van der Waals surface area contributed by atoms with Gasteiger partial charge in [0.25, 0.3) is 0 Å². The highest BCUT2D eigenvalue weighted by Crippen LogP contribution is 2.08. The Kier molecular flexibility index (Phi) is 7.75. The molecule has 136 valence electrons. The van der Waals surface area contributed by atoms with Gasteiger partial charge in [0.2, 0.25) is 11.8 Å². The maximum atomic E-state index is 11.9. The number of likely N-dealkylation sites (tertiary alicyclic amines) is 1. The van der Waals surface area contributed by atoms with E-state index in [1.807, 2.05) is 30.3 Å². The van der Waals surface area contributed by atoms with Crippen molar-refractivity contribution in [3.05, 3.63) is 35.9 Å². The highest BCUT2D eigenvalue weighted by Gasteiger charge is 2.16. The monoisotopic (exact) mass is 346 g/mol. The molecule has 7 heteroatoms. The van der Waals surface area contributed by atoms with Crippen LogP contribution in [0.1, 0.15) is 24.8 Å². The second-order valence-electron chi connectivity index (χ2n) is 6.06. The fourth-order valence-electron chi connectivity index (χ4n) is 2.69. The van der Waals surface area contributed by atoms with E-state index in [9.17, 15) is 14.4 Å². The summed E-state index contributed by atoms with van der Waals surface area (Å²) in [5.74, 6) is -0.337. The maximum absolute atomic E-state index is 11.9. The van der Waals surface area contributed by atoms with Crippen LogP contribution in [0, 0.1) is 0 Å². The number of carbonyl (C=O) groups excluding carboxylic acids is 3. The summed E-state index contributed by atoms with van der Waals surface area (Å²) in [6, 6.07) is 9.33. The molecule has 3 N–H and O–H groups in total. The SMILES string of the molecule is O=C(CNC(=O)NCC(=O)N1CCCCC1)NCCc1ccccc1. The zero-order valence-electron chi connectivity index (χ0n) is 14.4. The zero-order valence-corrected chi connectivity index (χ0v) is 14.4. The molecule has 1 aromatic carbocycles. The van der Waals surface area contributed by atoms with Gasteiger partial charge in [0.15, 0.2) is 0 Å². The molecule has 0 bridgehead atoms. The van der Waals surface area contributed by atoms with Crippen LogP contribution in [-0.4, -0.2) is 55.5 Å². The van der Waals surface area contributed by atoms with Gasteiger partial charge in [0, 0.05) is 19.6 Å². The van der Waals surface area contributed by atoms with Gasteiger partial charge in [0.05, 0.1) is 13.1 Å². The van der Waals surface area contributed by atoms with Crippen molar-refractivity contribution >= 4 is 17.8 Å². The van der Waals surface area contributed by atoms with Crippen LogP contribution < -0.4 is 16.0 Å². The topological polar surface area (TPSA) is 90.5 Å². The molecule has 2 rings (SSSR count). The summed E-state index contributed by atoms with van der Waals surface area (Å²) >= 11 is 0. The molecule has 0 saturated carbocycles. The number of hydrogen-bond acceptors (Lipinski definition) is 3. The summed E-state index contributed by atoms with van der Waals surface area (Å²) in [6.07, 6.45) is 3.92. The second kappa shape index (κ2) is 10.3. The third kappa shape index (κ3) is 7.24. The molecule has 1 aliphatic rings. The normalized spacial score (nSPS) is 13.8. The molecule has 0 atom stereocenters. The highest BCUT2D eigenvalue weighted by molar-refractivity contribution is 5.87. The molecule has 0 aliphatic carbocycles. The van der Waals surface area contributed by atoms with E-state index in [1.54, 1.807) is 4.90 Å². The first-order chi connectivity index (χ1) is 12.1. The highest BCUT2D eigenvalue weighted by atomic mass is 16.2. The van der Waals surface area contributed by atoms with Crippen LogP contribution in [0.5, 0.6) is 0 Å². The lowest BCUT2D eigenvalue weighted by atomic mass is 10.1. The van der Waals surface area contributed by atoms with Crippen LogP contribution >= 0.6 is 0 Å². The van der Waals surface area contributed by atoms with Crippen molar-refractivity contribution in [3.63, 3.8) is 0 Å². The van der Waals surface area contributed by atoms with E-state index in [1.165, 1.54) is 0 Å². The molecule has 1 heterocycles. The number of carbonyl (C=O) groups is 3. The van der Waals surface area contributed by atoms with E-state index < -0.39 is 6.03 Å². The van der Waals surface area contributed by atoms with Crippen molar-refractivity contribution in [1.82, 2.24) is 20.9 Å². The van der Waals surface area contributed by atoms with E-state index in [0.29, 0.717) is 6.54 Å². The first kappa shape index (κ1) is 18.8. The Hall–Kier alpha value is -2.57. The summed E-state index contributed by atoms with van der Waals surface area (Å²) < 4.78 is 0. The number of nitrogens with one attached hydrogen (secondary N) is 3. The molecule has 0 aromatic heterocycles. The number of piperidine rings is 1. The Morgan fingerprint density at radius 1 is 0.880 bits per heavy atom. The number of rotatable bonds is 7. The van der Waals surface area contributed by atoms with Crippen LogP contribution in [0.3, 0.4) is 0 Å². The summed E-state index contributed by atoms with van der Waals surface area (Å²) in [5, 5.41) is 7.70. The van der Waals surface area contributed by atoms with Crippen molar-refractivity contribution in [3.8, 4) is 0 Å². The molecule has 25 heavy (non-hydrogen) atoms. The van der Waals surface area contributed by atoms with E-state index in [-0.39, 0.29) is 24.9 Å². The van der Waals surface area contributed by atoms with Crippen LogP contribution in [0.2, 0.25) is 0 Å². The van der Waals surface area contributed by atoms with Crippen LogP contribution in [0.4, 0.5) is 4.79 Å². The quantitative estimate of drug-likeness (QED) is 0.677. The Morgan fingerprint density at radius 2 is 1.56 bits per heavy atom. The molecule has 1 aromatic rings. The Bertz CT molecular complexity index is 571. The number of nitrogens with zero attached hydrogens (tertiary/aromatic N) is 1. The predicted molar refractivity (Wildman–Crippen MR) is 95.0 cm³/mol. The molecule has 4 amide bonds. The third-order valence-electron chi connectivity index (χ3n) is 4.10. The second-order valence-corrected chi connectivity index (χ2v) is 6.06. The molecule has 1 saturated heterocycles. The van der Waals surface area contributed by atoms with E-state index in [4.69, 9.17) is 0 Å². The van der Waals surface area contributed by atoms with Gasteiger partial charge in [-0.05, 0) is 31.2 Å². The smallest absolute Gasteiger partial charge is 0.315 e. The van der Waals surface area contributed by atoms with E-state index in [2.05, 4.69) is 16.0 Å². The van der Waals surface area contributed by atoms with Crippen LogP contribution in [0.15, 0.2) is 30.3 Å². The number of benzene rings is 1. The molecule has 1 fully saturated rings. The van der Waals surface area contributed by atoms with Gasteiger partial charge in [-0.3, -0.25) is 9.59 Å². The van der Waals surface area contributed by atoms with E-state index >= 15 is 0 Å². The predicted octanol–water partition coefficient (Wildman–Crippen LogP) is 0.657. The average molecular weight is 346 g/mol. The molecule has 0 spiro atoms. The first-order valence-electron chi connectivity index (χ1n) is 8.75. The maximum Gasteiger partial charge on any atom is 0.315 e. The van der Waals surface area contributed by atoms with Crippen LogP contribution in [-0.2, 0) is 16.0 Å². The number of urea groups is 1. The molecular weight excluding hydrogens is 320 g/mol. The third-order valence-corrected chi connectivity index (χ3v) is 4.10. The van der Waals surface area contributed by atoms with Gasteiger partial charge in [-0.15, -0.1) is 0 Å². The van der Waals surface area contributed by atoms with Gasteiger partial charge >= 0.3 is 6.03 Å². The average Bonchev–Trinajstić information content (AvgIpc) is 2.66. The number of amides is 4. The van der Waals surface area contributed by atoms with Crippen molar-refractivity contribution in [2.24, 2.45) is 0 Å². The Labute approximate surface area is 148 Å². The summed E-state index contributed by atoms with van der Waals surface area (Å²) in [4.78, 5) is 37.0. The fraction of sp³-hybridized carbons (Fsp3) is 0.500. The zero-order chi connectivity index (χ0) is 17.9. The largest absolute Gasteiger partial charge is 0.354 e. The van der Waals surface area contributed by atoms with Gasteiger partial charge in [-0.2, -0.15) is 0 Å². The number of hydrogen-bond donors (Lipinski definition) is 3. The molecule has 0 radical (unpaired) electrons. The van der Waals surface area contributed by atoms with Gasteiger partial charge in [-0.1, -0.05) is 30.3 Å².